The smallest absolute Gasteiger partial charge is 0.122 e. The van der Waals surface area contributed by atoms with Gasteiger partial charge in [-0.05, 0) is 63.7 Å². The maximum atomic E-state index is 5.70. The van der Waals surface area contributed by atoms with Gasteiger partial charge in [-0.2, -0.15) is 0 Å². The van der Waals surface area contributed by atoms with Crippen molar-refractivity contribution in [3.63, 3.8) is 0 Å². The molecule has 2 heteroatoms. The van der Waals surface area contributed by atoms with Gasteiger partial charge in [-0.15, -0.1) is 0 Å². The van der Waals surface area contributed by atoms with Crippen molar-refractivity contribution in [2.24, 2.45) is 5.92 Å². The molecule has 2 nitrogen and oxygen atoms in total. The molecule has 0 bridgehead atoms. The number of aryl methyl sites for hydroxylation is 2. The highest BCUT2D eigenvalue weighted by molar-refractivity contribution is 5.37. The maximum Gasteiger partial charge on any atom is 0.122 e. The van der Waals surface area contributed by atoms with Crippen LogP contribution in [0.3, 0.4) is 0 Å². The van der Waals surface area contributed by atoms with Gasteiger partial charge in [0.05, 0.1) is 6.61 Å². The molecule has 0 saturated heterocycles. The van der Waals surface area contributed by atoms with Crippen LogP contribution in [0, 0.1) is 12.8 Å². The van der Waals surface area contributed by atoms with Crippen LogP contribution in [-0.4, -0.2) is 19.7 Å². The molecule has 1 aromatic rings. The van der Waals surface area contributed by atoms with E-state index < -0.39 is 0 Å². The van der Waals surface area contributed by atoms with Gasteiger partial charge < -0.3 is 10.1 Å². The summed E-state index contributed by atoms with van der Waals surface area (Å²) in [5.41, 5.74) is 2.68. The molecule has 0 fully saturated rings. The molecule has 20 heavy (non-hydrogen) atoms. The Bertz CT molecular complexity index is 374. The van der Waals surface area contributed by atoms with Gasteiger partial charge in [0.15, 0.2) is 0 Å². The lowest BCUT2D eigenvalue weighted by Crippen LogP contribution is -2.20. The Hall–Kier alpha value is -1.02. The molecular weight excluding hydrogens is 246 g/mol. The fraction of sp³-hybridized carbons (Fsp3) is 0.667. The fourth-order valence-electron chi connectivity index (χ4n) is 2.33. The first-order chi connectivity index (χ1) is 9.63. The molecular formula is C18H31NO. The Morgan fingerprint density at radius 1 is 1.15 bits per heavy atom. The molecule has 0 aliphatic heterocycles. The van der Waals surface area contributed by atoms with Crippen molar-refractivity contribution >= 4 is 0 Å². The van der Waals surface area contributed by atoms with Crippen LogP contribution in [0.4, 0.5) is 0 Å². The molecule has 0 unspecified atom stereocenters. The van der Waals surface area contributed by atoms with Gasteiger partial charge in [-0.3, -0.25) is 0 Å². The van der Waals surface area contributed by atoms with Gasteiger partial charge >= 0.3 is 0 Å². The zero-order valence-electron chi connectivity index (χ0n) is 13.7. The van der Waals surface area contributed by atoms with Crippen molar-refractivity contribution < 1.29 is 4.74 Å². The van der Waals surface area contributed by atoms with E-state index in [9.17, 15) is 0 Å². The minimum absolute atomic E-state index is 0.745. The molecule has 0 atom stereocenters. The number of hydrogen-bond acceptors (Lipinski definition) is 2. The van der Waals surface area contributed by atoms with Crippen LogP contribution in [0.15, 0.2) is 18.2 Å². The van der Waals surface area contributed by atoms with Gasteiger partial charge in [0.25, 0.3) is 0 Å². The Labute approximate surface area is 124 Å². The lowest BCUT2D eigenvalue weighted by molar-refractivity contribution is 0.336. The van der Waals surface area contributed by atoms with Gasteiger partial charge in [-0.1, -0.05) is 38.0 Å². The van der Waals surface area contributed by atoms with Gasteiger partial charge in [0.1, 0.15) is 5.75 Å². The van der Waals surface area contributed by atoms with E-state index >= 15 is 0 Å². The molecule has 1 aromatic carbocycles. The molecule has 0 spiro atoms. The number of hydrogen-bond donors (Lipinski definition) is 1. The molecule has 0 amide bonds. The summed E-state index contributed by atoms with van der Waals surface area (Å²) in [7, 11) is 0. The molecule has 0 aromatic heterocycles. The largest absolute Gasteiger partial charge is 0.494 e. The summed E-state index contributed by atoms with van der Waals surface area (Å²) in [6.07, 6.45) is 4.92. The van der Waals surface area contributed by atoms with Crippen LogP contribution in [0.2, 0.25) is 0 Å². The third kappa shape index (κ3) is 6.95. The van der Waals surface area contributed by atoms with Gasteiger partial charge in [0.2, 0.25) is 0 Å². The number of ether oxygens (including phenoxy) is 1. The average Bonchev–Trinajstić information content (AvgIpc) is 2.40. The van der Waals surface area contributed by atoms with Crippen molar-refractivity contribution in [3.05, 3.63) is 29.3 Å². The van der Waals surface area contributed by atoms with Crippen molar-refractivity contribution in [1.29, 1.82) is 0 Å². The lowest BCUT2D eigenvalue weighted by Gasteiger charge is -2.11. The van der Waals surface area contributed by atoms with Crippen molar-refractivity contribution in [2.45, 2.75) is 53.4 Å². The first-order valence-corrected chi connectivity index (χ1v) is 8.06. The minimum Gasteiger partial charge on any atom is -0.494 e. The standard InChI is InChI=1S/C18H31NO/c1-5-20-18-11-10-16(4)13-17(18)9-7-6-8-12-19-14-15(2)3/h10-11,13,15,19H,5-9,12,14H2,1-4H3. The average molecular weight is 277 g/mol. The fourth-order valence-corrected chi connectivity index (χ4v) is 2.33. The first kappa shape index (κ1) is 17.0. The second-order valence-electron chi connectivity index (χ2n) is 5.95. The van der Waals surface area contributed by atoms with Crippen molar-refractivity contribution in [1.82, 2.24) is 5.32 Å². The summed E-state index contributed by atoms with van der Waals surface area (Å²) in [5.74, 6) is 1.81. The molecule has 0 aliphatic carbocycles. The SMILES string of the molecule is CCOc1ccc(C)cc1CCCCCNCC(C)C. The van der Waals surface area contributed by atoms with E-state index in [0.717, 1.165) is 37.8 Å². The summed E-state index contributed by atoms with van der Waals surface area (Å²) in [6.45, 7) is 11.7. The lowest BCUT2D eigenvalue weighted by atomic mass is 10.0. The third-order valence-corrected chi connectivity index (χ3v) is 3.37. The number of benzene rings is 1. The zero-order valence-corrected chi connectivity index (χ0v) is 13.7. The van der Waals surface area contributed by atoms with Gasteiger partial charge in [-0.25, -0.2) is 0 Å². The highest BCUT2D eigenvalue weighted by atomic mass is 16.5. The van der Waals surface area contributed by atoms with Crippen molar-refractivity contribution in [3.8, 4) is 5.75 Å². The molecule has 1 N–H and O–H groups in total. The quantitative estimate of drug-likeness (QED) is 0.642. The van der Waals surface area contributed by atoms with Crippen LogP contribution in [0.5, 0.6) is 5.75 Å². The van der Waals surface area contributed by atoms with E-state index in [1.54, 1.807) is 0 Å². The Morgan fingerprint density at radius 3 is 2.65 bits per heavy atom. The Morgan fingerprint density at radius 2 is 1.95 bits per heavy atom. The molecule has 0 aliphatic rings. The molecule has 1 rings (SSSR count). The zero-order chi connectivity index (χ0) is 14.8. The summed E-state index contributed by atoms with van der Waals surface area (Å²) in [5, 5.41) is 3.50. The number of unbranched alkanes of at least 4 members (excludes halogenated alkanes) is 2. The number of nitrogens with one attached hydrogen (secondary N) is 1. The van der Waals surface area contributed by atoms with Crippen LogP contribution in [0.1, 0.15) is 51.2 Å². The highest BCUT2D eigenvalue weighted by Gasteiger charge is 2.03. The monoisotopic (exact) mass is 277 g/mol. The Kier molecular flexibility index (Phi) is 8.36. The molecule has 0 saturated carbocycles. The van der Waals surface area contributed by atoms with E-state index in [4.69, 9.17) is 4.74 Å². The van der Waals surface area contributed by atoms with E-state index in [1.165, 1.54) is 30.4 Å². The van der Waals surface area contributed by atoms with E-state index in [0.29, 0.717) is 0 Å². The predicted octanol–water partition coefficient (Wildman–Crippen LogP) is 4.35. The molecule has 0 heterocycles. The van der Waals surface area contributed by atoms with Gasteiger partial charge in [0, 0.05) is 0 Å². The predicted molar refractivity (Wildman–Crippen MR) is 87.6 cm³/mol. The third-order valence-electron chi connectivity index (χ3n) is 3.37. The van der Waals surface area contributed by atoms with Crippen LogP contribution < -0.4 is 10.1 Å². The summed E-state index contributed by atoms with van der Waals surface area (Å²) >= 11 is 0. The second kappa shape index (κ2) is 9.82. The Balaban J connectivity index is 2.25. The van der Waals surface area contributed by atoms with Crippen molar-refractivity contribution in [2.75, 3.05) is 19.7 Å². The maximum absolute atomic E-state index is 5.70. The van der Waals surface area contributed by atoms with E-state index in [2.05, 4.69) is 44.3 Å². The van der Waals surface area contributed by atoms with E-state index in [-0.39, 0.29) is 0 Å². The summed E-state index contributed by atoms with van der Waals surface area (Å²) in [4.78, 5) is 0. The van der Waals surface area contributed by atoms with Crippen LogP contribution >= 0.6 is 0 Å². The second-order valence-corrected chi connectivity index (χ2v) is 5.95. The minimum atomic E-state index is 0.745. The normalized spacial score (nSPS) is 11.1. The molecule has 0 radical (unpaired) electrons. The summed E-state index contributed by atoms with van der Waals surface area (Å²) in [6, 6.07) is 6.50. The number of rotatable bonds is 10. The van der Waals surface area contributed by atoms with Crippen LogP contribution in [-0.2, 0) is 6.42 Å². The van der Waals surface area contributed by atoms with E-state index in [1.807, 2.05) is 6.92 Å². The molecule has 114 valence electrons. The van der Waals surface area contributed by atoms with Crippen LogP contribution in [0.25, 0.3) is 0 Å². The first-order valence-electron chi connectivity index (χ1n) is 8.06. The topological polar surface area (TPSA) is 21.3 Å². The highest BCUT2D eigenvalue weighted by Crippen LogP contribution is 2.22. The summed E-state index contributed by atoms with van der Waals surface area (Å²) < 4.78 is 5.70.